The van der Waals surface area contributed by atoms with Crippen LogP contribution in [0.5, 0.6) is 0 Å². The van der Waals surface area contributed by atoms with Crippen LogP contribution in [0.1, 0.15) is 84.5 Å². The number of hydrogen-bond acceptors (Lipinski definition) is 1. The van der Waals surface area contributed by atoms with E-state index in [1.807, 2.05) is 0 Å². The third-order valence-electron chi connectivity index (χ3n) is 4.15. The Morgan fingerprint density at radius 2 is 1.65 bits per heavy atom. The van der Waals surface area contributed by atoms with Gasteiger partial charge in [0.15, 0.2) is 0 Å². The van der Waals surface area contributed by atoms with Gasteiger partial charge in [-0.05, 0) is 31.7 Å². The summed E-state index contributed by atoms with van der Waals surface area (Å²) in [7, 11) is 0. The molecule has 0 saturated heterocycles. The Morgan fingerprint density at radius 1 is 0.941 bits per heavy atom. The van der Waals surface area contributed by atoms with Gasteiger partial charge in [-0.25, -0.2) is 0 Å². The Morgan fingerprint density at radius 3 is 2.35 bits per heavy atom. The fourth-order valence-electron chi connectivity index (χ4n) is 3.01. The first-order chi connectivity index (χ1) is 8.33. The minimum absolute atomic E-state index is 0.832. The molecule has 0 aromatic heterocycles. The number of rotatable bonds is 9. The highest BCUT2D eigenvalue weighted by Crippen LogP contribution is 2.23. The zero-order chi connectivity index (χ0) is 12.3. The van der Waals surface area contributed by atoms with Crippen molar-refractivity contribution in [1.82, 2.24) is 5.32 Å². The quantitative estimate of drug-likeness (QED) is 0.564. The van der Waals surface area contributed by atoms with E-state index in [1.54, 1.807) is 0 Å². The molecule has 102 valence electrons. The number of unbranched alkanes of at least 4 members (excludes halogenated alkanes) is 6. The van der Waals surface area contributed by atoms with E-state index in [-0.39, 0.29) is 0 Å². The van der Waals surface area contributed by atoms with Crippen molar-refractivity contribution in [2.75, 3.05) is 6.54 Å². The lowest BCUT2D eigenvalue weighted by Gasteiger charge is -2.27. The van der Waals surface area contributed by atoms with E-state index in [0.717, 1.165) is 12.0 Å². The highest BCUT2D eigenvalue weighted by atomic mass is 14.9. The lowest BCUT2D eigenvalue weighted by Crippen LogP contribution is -2.34. The van der Waals surface area contributed by atoms with Gasteiger partial charge in [0.05, 0.1) is 0 Å². The van der Waals surface area contributed by atoms with Crippen molar-refractivity contribution in [2.45, 2.75) is 90.5 Å². The topological polar surface area (TPSA) is 12.0 Å². The van der Waals surface area contributed by atoms with Crippen molar-refractivity contribution in [3.8, 4) is 0 Å². The van der Waals surface area contributed by atoms with Gasteiger partial charge in [-0.3, -0.25) is 0 Å². The van der Waals surface area contributed by atoms with Gasteiger partial charge in [0.25, 0.3) is 0 Å². The van der Waals surface area contributed by atoms with Gasteiger partial charge in [0.1, 0.15) is 0 Å². The van der Waals surface area contributed by atoms with E-state index in [2.05, 4.69) is 19.2 Å². The molecule has 2 atom stereocenters. The third-order valence-corrected chi connectivity index (χ3v) is 4.15. The zero-order valence-corrected chi connectivity index (χ0v) is 12.1. The number of hydrogen-bond donors (Lipinski definition) is 1. The van der Waals surface area contributed by atoms with Crippen LogP contribution in [0.4, 0.5) is 0 Å². The average molecular weight is 239 g/mol. The van der Waals surface area contributed by atoms with Gasteiger partial charge in [-0.15, -0.1) is 0 Å². The zero-order valence-electron chi connectivity index (χ0n) is 12.1. The Hall–Kier alpha value is -0.0400. The van der Waals surface area contributed by atoms with Gasteiger partial charge in [-0.1, -0.05) is 65.2 Å². The molecule has 0 heterocycles. The van der Waals surface area contributed by atoms with E-state index in [4.69, 9.17) is 0 Å². The molecule has 0 aliphatic heterocycles. The van der Waals surface area contributed by atoms with Crippen LogP contribution in [-0.2, 0) is 0 Å². The lowest BCUT2D eigenvalue weighted by molar-refractivity contribution is 0.300. The van der Waals surface area contributed by atoms with Gasteiger partial charge in [-0.2, -0.15) is 0 Å². The van der Waals surface area contributed by atoms with Gasteiger partial charge in [0.2, 0.25) is 0 Å². The van der Waals surface area contributed by atoms with E-state index in [9.17, 15) is 0 Å². The number of nitrogens with one attached hydrogen (secondary N) is 1. The molecule has 0 spiro atoms. The first kappa shape index (κ1) is 15.0. The summed E-state index contributed by atoms with van der Waals surface area (Å²) in [5.74, 6) is 0.954. The summed E-state index contributed by atoms with van der Waals surface area (Å²) < 4.78 is 0. The normalized spacial score (nSPS) is 25.1. The Labute approximate surface area is 109 Å². The van der Waals surface area contributed by atoms with Crippen LogP contribution in [0, 0.1) is 5.92 Å². The minimum Gasteiger partial charge on any atom is -0.314 e. The Kier molecular flexibility index (Phi) is 8.78. The van der Waals surface area contributed by atoms with Crippen LogP contribution in [0.15, 0.2) is 0 Å². The van der Waals surface area contributed by atoms with Crippen LogP contribution < -0.4 is 5.32 Å². The summed E-state index contributed by atoms with van der Waals surface area (Å²) in [5.41, 5.74) is 0. The van der Waals surface area contributed by atoms with Gasteiger partial charge < -0.3 is 5.32 Å². The molecule has 0 amide bonds. The molecule has 0 radical (unpaired) electrons. The molecule has 1 aliphatic rings. The fourth-order valence-corrected chi connectivity index (χ4v) is 3.01. The lowest BCUT2D eigenvalue weighted by atomic mass is 9.87. The van der Waals surface area contributed by atoms with Crippen LogP contribution in [0.2, 0.25) is 0 Å². The summed E-state index contributed by atoms with van der Waals surface area (Å²) in [4.78, 5) is 0. The summed E-state index contributed by atoms with van der Waals surface area (Å²) in [6.45, 7) is 5.95. The maximum atomic E-state index is 3.75. The predicted octanol–water partition coefficient (Wildman–Crippen LogP) is 4.91. The van der Waals surface area contributed by atoms with Crippen LogP contribution in [-0.4, -0.2) is 12.6 Å². The molecular formula is C16H33N. The van der Waals surface area contributed by atoms with Crippen molar-refractivity contribution in [3.05, 3.63) is 0 Å². The molecule has 17 heavy (non-hydrogen) atoms. The predicted molar refractivity (Wildman–Crippen MR) is 77.4 cm³/mol. The van der Waals surface area contributed by atoms with E-state index < -0.39 is 0 Å². The second-order valence-corrected chi connectivity index (χ2v) is 6.04. The van der Waals surface area contributed by atoms with Gasteiger partial charge >= 0.3 is 0 Å². The van der Waals surface area contributed by atoms with Gasteiger partial charge in [0, 0.05) is 6.04 Å². The van der Waals surface area contributed by atoms with Crippen molar-refractivity contribution in [2.24, 2.45) is 5.92 Å². The molecule has 1 aliphatic carbocycles. The summed E-state index contributed by atoms with van der Waals surface area (Å²) >= 11 is 0. The molecule has 1 saturated carbocycles. The second-order valence-electron chi connectivity index (χ2n) is 6.04. The minimum atomic E-state index is 0.832. The van der Waals surface area contributed by atoms with Crippen molar-refractivity contribution in [3.63, 3.8) is 0 Å². The maximum Gasteiger partial charge on any atom is 0.00696 e. The summed E-state index contributed by atoms with van der Waals surface area (Å²) in [5, 5.41) is 3.75. The Balaban J connectivity index is 1.83. The molecule has 1 rings (SSSR count). The summed E-state index contributed by atoms with van der Waals surface area (Å²) in [6.07, 6.45) is 15.7. The van der Waals surface area contributed by atoms with Crippen LogP contribution in [0.3, 0.4) is 0 Å². The fraction of sp³-hybridized carbons (Fsp3) is 1.00. The standard InChI is InChI=1S/C16H33N/c1-3-4-5-6-7-8-9-13-17-16-12-10-11-15(2)14-16/h15-17H,3-14H2,1-2H3. The van der Waals surface area contributed by atoms with Crippen molar-refractivity contribution >= 4 is 0 Å². The maximum absolute atomic E-state index is 3.75. The first-order valence-corrected chi connectivity index (χ1v) is 8.06. The highest BCUT2D eigenvalue weighted by Gasteiger charge is 2.17. The Bertz CT molecular complexity index is 167. The molecule has 1 nitrogen and oxygen atoms in total. The average Bonchev–Trinajstić information content (AvgIpc) is 2.33. The summed E-state index contributed by atoms with van der Waals surface area (Å²) in [6, 6.07) is 0.832. The van der Waals surface area contributed by atoms with Crippen molar-refractivity contribution < 1.29 is 0 Å². The molecule has 1 heteroatoms. The van der Waals surface area contributed by atoms with Crippen molar-refractivity contribution in [1.29, 1.82) is 0 Å². The monoisotopic (exact) mass is 239 g/mol. The van der Waals surface area contributed by atoms with Crippen LogP contribution in [0.25, 0.3) is 0 Å². The second kappa shape index (κ2) is 9.94. The molecule has 1 N–H and O–H groups in total. The third kappa shape index (κ3) is 7.81. The van der Waals surface area contributed by atoms with E-state index in [1.165, 1.54) is 77.2 Å². The highest BCUT2D eigenvalue weighted by molar-refractivity contribution is 4.75. The molecule has 2 unspecified atom stereocenters. The molecule has 0 bridgehead atoms. The van der Waals surface area contributed by atoms with Crippen LogP contribution >= 0.6 is 0 Å². The molecule has 0 aromatic rings. The molecule has 0 aromatic carbocycles. The SMILES string of the molecule is CCCCCCCCCNC1CCCC(C)C1. The molecule has 1 fully saturated rings. The van der Waals surface area contributed by atoms with E-state index >= 15 is 0 Å². The van der Waals surface area contributed by atoms with E-state index in [0.29, 0.717) is 0 Å². The molecular weight excluding hydrogens is 206 g/mol. The largest absolute Gasteiger partial charge is 0.314 e. The smallest absolute Gasteiger partial charge is 0.00696 e. The first-order valence-electron chi connectivity index (χ1n) is 8.06.